The van der Waals surface area contributed by atoms with Crippen molar-refractivity contribution in [1.82, 2.24) is 15.1 Å². The average molecular weight is 315 g/mol. The first-order valence-corrected chi connectivity index (χ1v) is 10.3. The topological polar surface area (TPSA) is 52.7 Å². The molecule has 0 saturated carbocycles. The summed E-state index contributed by atoms with van der Waals surface area (Å²) >= 11 is 0. The van der Waals surface area contributed by atoms with Gasteiger partial charge in [-0.2, -0.15) is 0 Å². The highest BCUT2D eigenvalue weighted by Gasteiger charge is 2.33. The first kappa shape index (κ1) is 15.7. The van der Waals surface area contributed by atoms with Gasteiger partial charge in [0.15, 0.2) is 9.84 Å². The van der Waals surface area contributed by atoms with E-state index in [1.807, 2.05) is 0 Å². The van der Waals surface area contributed by atoms with Crippen LogP contribution in [0.15, 0.2) is 0 Å². The molecule has 0 radical (unpaired) electrons. The minimum Gasteiger partial charge on any atom is -0.312 e. The Kier molecular flexibility index (Phi) is 4.88. The van der Waals surface area contributed by atoms with Crippen molar-refractivity contribution in [2.24, 2.45) is 0 Å². The molecule has 3 saturated heterocycles. The van der Waals surface area contributed by atoms with Crippen molar-refractivity contribution in [3.63, 3.8) is 0 Å². The van der Waals surface area contributed by atoms with Gasteiger partial charge in [-0.1, -0.05) is 6.42 Å². The molecule has 6 heteroatoms. The zero-order chi connectivity index (χ0) is 14.9. The molecule has 122 valence electrons. The zero-order valence-electron chi connectivity index (χ0n) is 13.1. The maximum atomic E-state index is 11.7. The summed E-state index contributed by atoms with van der Waals surface area (Å²) in [4.78, 5) is 5.24. The van der Waals surface area contributed by atoms with Gasteiger partial charge in [0.05, 0.1) is 11.5 Å². The molecule has 0 aromatic heterocycles. The molecule has 3 aliphatic rings. The molecule has 0 spiro atoms. The van der Waals surface area contributed by atoms with E-state index in [1.165, 1.54) is 38.9 Å². The van der Waals surface area contributed by atoms with E-state index in [0.29, 0.717) is 24.1 Å². The van der Waals surface area contributed by atoms with Crippen molar-refractivity contribution in [2.75, 3.05) is 44.2 Å². The number of nitrogens with one attached hydrogen (secondary N) is 1. The first-order valence-electron chi connectivity index (χ1n) is 8.45. The summed E-state index contributed by atoms with van der Waals surface area (Å²) in [5.74, 6) is 0.630. The second-order valence-corrected chi connectivity index (χ2v) is 9.27. The van der Waals surface area contributed by atoms with Gasteiger partial charge in [0.2, 0.25) is 0 Å². The fourth-order valence-electron chi connectivity index (χ4n) is 4.10. The second-order valence-electron chi connectivity index (χ2n) is 7.04. The molecule has 3 unspecified atom stereocenters. The third kappa shape index (κ3) is 3.97. The normalized spacial score (nSPS) is 38.0. The summed E-state index contributed by atoms with van der Waals surface area (Å²) in [6.45, 7) is 7.58. The second kappa shape index (κ2) is 6.52. The van der Waals surface area contributed by atoms with Crippen molar-refractivity contribution in [2.45, 2.75) is 50.7 Å². The molecule has 3 aliphatic heterocycles. The smallest absolute Gasteiger partial charge is 0.153 e. The molecule has 0 aromatic rings. The molecule has 3 rings (SSSR count). The minimum atomic E-state index is -2.81. The van der Waals surface area contributed by atoms with E-state index >= 15 is 0 Å². The summed E-state index contributed by atoms with van der Waals surface area (Å²) in [5.41, 5.74) is 0. The van der Waals surface area contributed by atoms with Crippen LogP contribution < -0.4 is 5.32 Å². The Morgan fingerprint density at radius 3 is 2.90 bits per heavy atom. The summed E-state index contributed by atoms with van der Waals surface area (Å²) < 4.78 is 23.4. The van der Waals surface area contributed by atoms with E-state index in [0.717, 1.165) is 19.0 Å². The van der Waals surface area contributed by atoms with Crippen LogP contribution in [0.25, 0.3) is 0 Å². The van der Waals surface area contributed by atoms with Crippen LogP contribution in [-0.4, -0.2) is 80.6 Å². The standard InChI is InChI=1S/C15H29N3O2S/c1-13-10-18-7-3-2-4-15(18)11-17(13)8-5-14-12-21(19,20)9-6-16-14/h13-16H,2-12H2,1H3. The molecule has 3 heterocycles. The number of rotatable bonds is 3. The SMILES string of the molecule is CC1CN2CCCCC2CN1CCC1CS(=O)(=O)CCN1. The third-order valence-corrected chi connectivity index (χ3v) is 7.12. The Labute approximate surface area is 129 Å². The third-order valence-electron chi connectivity index (χ3n) is 5.38. The van der Waals surface area contributed by atoms with Crippen LogP contribution >= 0.6 is 0 Å². The van der Waals surface area contributed by atoms with Crippen molar-refractivity contribution >= 4 is 9.84 Å². The summed E-state index contributed by atoms with van der Waals surface area (Å²) in [6, 6.07) is 1.48. The monoisotopic (exact) mass is 315 g/mol. The quantitative estimate of drug-likeness (QED) is 0.813. The van der Waals surface area contributed by atoms with Gasteiger partial charge < -0.3 is 5.32 Å². The average Bonchev–Trinajstić information content (AvgIpc) is 2.44. The molecule has 0 bridgehead atoms. The van der Waals surface area contributed by atoms with E-state index in [-0.39, 0.29) is 6.04 Å². The van der Waals surface area contributed by atoms with E-state index in [4.69, 9.17) is 0 Å². The molecule has 3 atom stereocenters. The largest absolute Gasteiger partial charge is 0.312 e. The number of sulfone groups is 1. The highest BCUT2D eigenvalue weighted by Crippen LogP contribution is 2.24. The lowest BCUT2D eigenvalue weighted by atomic mass is 9.97. The fraction of sp³-hybridized carbons (Fsp3) is 1.00. The summed E-state index contributed by atoms with van der Waals surface area (Å²) in [5, 5.41) is 3.37. The Morgan fingerprint density at radius 2 is 2.10 bits per heavy atom. The number of piperazine rings is 1. The van der Waals surface area contributed by atoms with Crippen molar-refractivity contribution in [3.05, 3.63) is 0 Å². The van der Waals surface area contributed by atoms with E-state index in [1.54, 1.807) is 0 Å². The van der Waals surface area contributed by atoms with Crippen molar-refractivity contribution in [3.8, 4) is 0 Å². The number of nitrogens with zero attached hydrogens (tertiary/aromatic N) is 2. The molecule has 0 amide bonds. The molecule has 3 fully saturated rings. The Morgan fingerprint density at radius 1 is 1.24 bits per heavy atom. The van der Waals surface area contributed by atoms with Gasteiger partial charge in [-0.3, -0.25) is 9.80 Å². The molecule has 5 nitrogen and oxygen atoms in total. The van der Waals surface area contributed by atoms with Gasteiger partial charge in [0.1, 0.15) is 0 Å². The lowest BCUT2D eigenvalue weighted by Crippen LogP contribution is -2.59. The van der Waals surface area contributed by atoms with Crippen LogP contribution in [0.3, 0.4) is 0 Å². The van der Waals surface area contributed by atoms with Crippen LogP contribution in [-0.2, 0) is 9.84 Å². The van der Waals surface area contributed by atoms with Crippen LogP contribution in [0.4, 0.5) is 0 Å². The lowest BCUT2D eigenvalue weighted by molar-refractivity contribution is 0.0139. The summed E-state index contributed by atoms with van der Waals surface area (Å²) in [6.07, 6.45) is 5.01. The van der Waals surface area contributed by atoms with Crippen molar-refractivity contribution in [1.29, 1.82) is 0 Å². The minimum absolute atomic E-state index is 0.153. The molecular formula is C15H29N3O2S. The molecule has 1 N–H and O–H groups in total. The highest BCUT2D eigenvalue weighted by molar-refractivity contribution is 7.91. The van der Waals surface area contributed by atoms with Crippen LogP contribution in [0.5, 0.6) is 0 Å². The number of piperidine rings is 1. The van der Waals surface area contributed by atoms with Gasteiger partial charge in [0, 0.05) is 44.3 Å². The van der Waals surface area contributed by atoms with E-state index in [9.17, 15) is 8.42 Å². The number of hydrogen-bond acceptors (Lipinski definition) is 5. The maximum absolute atomic E-state index is 11.7. The Hall–Kier alpha value is -0.170. The van der Waals surface area contributed by atoms with E-state index < -0.39 is 9.84 Å². The van der Waals surface area contributed by atoms with Gasteiger partial charge >= 0.3 is 0 Å². The van der Waals surface area contributed by atoms with Crippen LogP contribution in [0.1, 0.15) is 32.6 Å². The Bertz CT molecular complexity index is 454. The predicted molar refractivity (Wildman–Crippen MR) is 85.3 cm³/mol. The van der Waals surface area contributed by atoms with Gasteiger partial charge in [0.25, 0.3) is 0 Å². The predicted octanol–water partition coefficient (Wildman–Crippen LogP) is 0.322. The van der Waals surface area contributed by atoms with E-state index in [2.05, 4.69) is 22.0 Å². The molecule has 21 heavy (non-hydrogen) atoms. The van der Waals surface area contributed by atoms with Gasteiger partial charge in [-0.05, 0) is 32.7 Å². The van der Waals surface area contributed by atoms with Gasteiger partial charge in [-0.25, -0.2) is 8.42 Å². The fourth-order valence-corrected chi connectivity index (χ4v) is 5.59. The molecule has 0 aliphatic carbocycles. The maximum Gasteiger partial charge on any atom is 0.153 e. The first-order chi connectivity index (χ1) is 10.0. The van der Waals surface area contributed by atoms with Crippen LogP contribution in [0.2, 0.25) is 0 Å². The summed E-state index contributed by atoms with van der Waals surface area (Å²) in [7, 11) is -2.81. The van der Waals surface area contributed by atoms with Crippen LogP contribution in [0, 0.1) is 0 Å². The number of fused-ring (bicyclic) bond motifs is 1. The zero-order valence-corrected chi connectivity index (χ0v) is 13.9. The number of hydrogen-bond donors (Lipinski definition) is 1. The highest BCUT2D eigenvalue weighted by atomic mass is 32.2. The van der Waals surface area contributed by atoms with Crippen molar-refractivity contribution < 1.29 is 8.42 Å². The molecule has 0 aromatic carbocycles. The Balaban J connectivity index is 1.50. The van der Waals surface area contributed by atoms with Gasteiger partial charge in [-0.15, -0.1) is 0 Å². The lowest BCUT2D eigenvalue weighted by Gasteiger charge is -2.47. The molecular weight excluding hydrogens is 286 g/mol.